The molecule has 0 aliphatic heterocycles. The number of ether oxygens (including phenoxy) is 2. The molecule has 20 heavy (non-hydrogen) atoms. The fourth-order valence-electron chi connectivity index (χ4n) is 2.43. The molecule has 0 spiro atoms. The number of benzene rings is 2. The van der Waals surface area contributed by atoms with E-state index >= 15 is 0 Å². The van der Waals surface area contributed by atoms with Gasteiger partial charge in [0.1, 0.15) is 11.5 Å². The summed E-state index contributed by atoms with van der Waals surface area (Å²) < 4.78 is 12.7. The highest BCUT2D eigenvalue weighted by Gasteiger charge is 2.10. The first-order chi connectivity index (χ1) is 9.72. The van der Waals surface area contributed by atoms with E-state index < -0.39 is 0 Å². The molecule has 3 heteroatoms. The number of hydrogen-bond donors (Lipinski definition) is 0. The monoisotopic (exact) mass is 266 g/mol. The molecule has 0 amide bonds. The van der Waals surface area contributed by atoms with E-state index in [1.165, 1.54) is 5.39 Å². The van der Waals surface area contributed by atoms with Gasteiger partial charge in [0, 0.05) is 30.3 Å². The summed E-state index contributed by atoms with van der Waals surface area (Å²) in [5.41, 5.74) is 3.31. The highest BCUT2D eigenvalue weighted by atomic mass is 16.5. The largest absolute Gasteiger partial charge is 0.497 e. The Morgan fingerprint density at radius 3 is 2.50 bits per heavy atom. The van der Waals surface area contributed by atoms with E-state index in [9.17, 15) is 0 Å². The lowest BCUT2D eigenvalue weighted by Crippen LogP contribution is -1.86. The second-order valence-corrected chi connectivity index (χ2v) is 4.68. The van der Waals surface area contributed by atoms with Crippen molar-refractivity contribution in [1.82, 2.24) is 4.57 Å². The molecule has 0 aliphatic carbocycles. The molecule has 1 radical (unpaired) electrons. The van der Waals surface area contributed by atoms with Crippen molar-refractivity contribution in [1.29, 1.82) is 0 Å². The first-order valence-corrected chi connectivity index (χ1v) is 6.42. The van der Waals surface area contributed by atoms with Crippen LogP contribution in [0.25, 0.3) is 22.0 Å². The van der Waals surface area contributed by atoms with Crippen LogP contribution < -0.4 is 9.47 Å². The maximum absolute atomic E-state index is 5.29. The molecular weight excluding hydrogens is 250 g/mol. The molecule has 3 nitrogen and oxygen atoms in total. The number of hydrogen-bond acceptors (Lipinski definition) is 2. The topological polar surface area (TPSA) is 23.4 Å². The standard InChI is InChI=1S/C17H16NO2/c1-18-11-16(12-5-4-6-13(9-12)19-2)15-8-7-14(20-3)10-17(15)18/h4,6-11H,1-3H3. The zero-order valence-electron chi connectivity index (χ0n) is 11.8. The Labute approximate surface area is 118 Å². The van der Waals surface area contributed by atoms with Gasteiger partial charge in [-0.2, -0.15) is 0 Å². The van der Waals surface area contributed by atoms with E-state index in [-0.39, 0.29) is 0 Å². The lowest BCUT2D eigenvalue weighted by atomic mass is 10.0. The molecular formula is C17H16NO2. The van der Waals surface area contributed by atoms with Gasteiger partial charge in [-0.15, -0.1) is 0 Å². The average molecular weight is 266 g/mol. The van der Waals surface area contributed by atoms with Crippen molar-refractivity contribution in [2.24, 2.45) is 7.05 Å². The summed E-state index contributed by atoms with van der Waals surface area (Å²) in [7, 11) is 5.39. The van der Waals surface area contributed by atoms with Crippen LogP contribution in [0.1, 0.15) is 0 Å². The molecule has 0 unspecified atom stereocenters. The number of fused-ring (bicyclic) bond motifs is 1. The van der Waals surface area contributed by atoms with Gasteiger partial charge < -0.3 is 14.0 Å². The van der Waals surface area contributed by atoms with Crippen molar-refractivity contribution in [2.45, 2.75) is 0 Å². The van der Waals surface area contributed by atoms with E-state index in [0.717, 1.165) is 28.1 Å². The van der Waals surface area contributed by atoms with Crippen LogP contribution >= 0.6 is 0 Å². The summed E-state index contributed by atoms with van der Waals surface area (Å²) in [6.07, 6.45) is 2.11. The minimum Gasteiger partial charge on any atom is -0.497 e. The van der Waals surface area contributed by atoms with E-state index in [4.69, 9.17) is 9.47 Å². The van der Waals surface area contributed by atoms with Crippen LogP contribution in [-0.4, -0.2) is 18.8 Å². The Morgan fingerprint density at radius 2 is 1.75 bits per heavy atom. The summed E-state index contributed by atoms with van der Waals surface area (Å²) >= 11 is 0. The molecule has 0 aliphatic rings. The maximum atomic E-state index is 5.29. The Hall–Kier alpha value is -2.42. The summed E-state index contributed by atoms with van der Waals surface area (Å²) in [6, 6.07) is 15.2. The third kappa shape index (κ3) is 2.01. The van der Waals surface area contributed by atoms with Crippen LogP contribution in [0.2, 0.25) is 0 Å². The number of methoxy groups -OCH3 is 2. The van der Waals surface area contributed by atoms with Crippen molar-refractivity contribution in [3.8, 4) is 22.6 Å². The minimum absolute atomic E-state index is 0.837. The van der Waals surface area contributed by atoms with Crippen LogP contribution in [0.15, 0.2) is 42.6 Å². The minimum atomic E-state index is 0.837. The zero-order valence-corrected chi connectivity index (χ0v) is 11.8. The van der Waals surface area contributed by atoms with Crippen LogP contribution in [0, 0.1) is 6.07 Å². The lowest BCUT2D eigenvalue weighted by Gasteiger charge is -2.04. The van der Waals surface area contributed by atoms with Gasteiger partial charge in [-0.1, -0.05) is 6.07 Å². The molecule has 0 atom stereocenters. The normalized spacial score (nSPS) is 10.8. The number of rotatable bonds is 3. The summed E-state index contributed by atoms with van der Waals surface area (Å²) in [5.74, 6) is 1.70. The lowest BCUT2D eigenvalue weighted by molar-refractivity contribution is 0.415. The predicted molar refractivity (Wildman–Crippen MR) is 80.3 cm³/mol. The fourth-order valence-corrected chi connectivity index (χ4v) is 2.43. The first kappa shape index (κ1) is 12.6. The molecule has 3 aromatic rings. The molecule has 3 rings (SSSR count). The predicted octanol–water partition coefficient (Wildman–Crippen LogP) is 3.66. The molecule has 0 fully saturated rings. The van der Waals surface area contributed by atoms with Gasteiger partial charge in [0.2, 0.25) is 0 Å². The van der Waals surface area contributed by atoms with Gasteiger partial charge in [0.15, 0.2) is 0 Å². The van der Waals surface area contributed by atoms with E-state index in [2.05, 4.69) is 22.9 Å². The van der Waals surface area contributed by atoms with Crippen molar-refractivity contribution in [2.75, 3.05) is 14.2 Å². The molecule has 0 N–H and O–H groups in total. The van der Waals surface area contributed by atoms with Crippen molar-refractivity contribution in [3.63, 3.8) is 0 Å². The van der Waals surface area contributed by atoms with Gasteiger partial charge in [-0.25, -0.2) is 0 Å². The molecule has 2 aromatic carbocycles. The Morgan fingerprint density at radius 1 is 1.00 bits per heavy atom. The Kier molecular flexibility index (Phi) is 3.11. The summed E-state index contributed by atoms with van der Waals surface area (Å²) in [5, 5.41) is 1.18. The Bertz CT molecular complexity index is 759. The molecule has 1 heterocycles. The molecule has 101 valence electrons. The van der Waals surface area contributed by atoms with Crippen molar-refractivity contribution >= 4 is 10.9 Å². The van der Waals surface area contributed by atoms with Crippen LogP contribution in [0.3, 0.4) is 0 Å². The quantitative estimate of drug-likeness (QED) is 0.722. The molecule has 0 saturated heterocycles. The van der Waals surface area contributed by atoms with Gasteiger partial charge >= 0.3 is 0 Å². The smallest absolute Gasteiger partial charge is 0.120 e. The van der Waals surface area contributed by atoms with E-state index in [1.54, 1.807) is 14.2 Å². The van der Waals surface area contributed by atoms with Crippen molar-refractivity contribution < 1.29 is 9.47 Å². The van der Waals surface area contributed by atoms with E-state index in [0.29, 0.717) is 0 Å². The third-order valence-electron chi connectivity index (χ3n) is 3.50. The van der Waals surface area contributed by atoms with Crippen LogP contribution in [-0.2, 0) is 7.05 Å². The van der Waals surface area contributed by atoms with Gasteiger partial charge in [0.05, 0.1) is 19.7 Å². The second-order valence-electron chi connectivity index (χ2n) is 4.68. The molecule has 0 saturated carbocycles. The van der Waals surface area contributed by atoms with Gasteiger partial charge in [-0.3, -0.25) is 0 Å². The maximum Gasteiger partial charge on any atom is 0.120 e. The zero-order chi connectivity index (χ0) is 14.1. The molecule has 0 bridgehead atoms. The van der Waals surface area contributed by atoms with Gasteiger partial charge in [0.25, 0.3) is 0 Å². The second kappa shape index (κ2) is 4.93. The van der Waals surface area contributed by atoms with Crippen molar-refractivity contribution in [3.05, 3.63) is 48.7 Å². The first-order valence-electron chi connectivity index (χ1n) is 6.42. The number of aryl methyl sites for hydroxylation is 1. The Balaban J connectivity index is 2.21. The number of aromatic nitrogens is 1. The van der Waals surface area contributed by atoms with Crippen LogP contribution in [0.5, 0.6) is 11.5 Å². The summed E-state index contributed by atoms with van der Waals surface area (Å²) in [4.78, 5) is 0. The SMILES string of the molecule is COc1cc[c]c(-c2cn(C)c3cc(OC)ccc23)c1. The van der Waals surface area contributed by atoms with Gasteiger partial charge in [-0.05, 0) is 35.9 Å². The highest BCUT2D eigenvalue weighted by Crippen LogP contribution is 2.33. The highest BCUT2D eigenvalue weighted by molar-refractivity contribution is 5.96. The third-order valence-corrected chi connectivity index (χ3v) is 3.50. The van der Waals surface area contributed by atoms with Crippen LogP contribution in [0.4, 0.5) is 0 Å². The molecule has 1 aromatic heterocycles. The fraction of sp³-hybridized carbons (Fsp3) is 0.176. The summed E-state index contributed by atoms with van der Waals surface area (Å²) in [6.45, 7) is 0. The average Bonchev–Trinajstić information content (AvgIpc) is 2.84. The van der Waals surface area contributed by atoms with E-state index in [1.807, 2.05) is 37.4 Å². The number of nitrogens with zero attached hydrogens (tertiary/aromatic N) is 1.